The van der Waals surface area contributed by atoms with Gasteiger partial charge < -0.3 is 5.32 Å². The first-order chi connectivity index (χ1) is 8.04. The third-order valence-electron chi connectivity index (χ3n) is 3.79. The van der Waals surface area contributed by atoms with Crippen LogP contribution in [0.3, 0.4) is 0 Å². The second-order valence-electron chi connectivity index (χ2n) is 5.74. The van der Waals surface area contributed by atoms with Crippen molar-refractivity contribution in [1.82, 2.24) is 10.3 Å². The van der Waals surface area contributed by atoms with E-state index in [9.17, 15) is 0 Å². The molecule has 3 heteroatoms. The van der Waals surface area contributed by atoms with E-state index in [1.165, 1.54) is 34.8 Å². The van der Waals surface area contributed by atoms with E-state index in [-0.39, 0.29) is 0 Å². The molecule has 1 fully saturated rings. The van der Waals surface area contributed by atoms with Crippen LogP contribution >= 0.6 is 11.3 Å². The predicted octanol–water partition coefficient (Wildman–Crippen LogP) is 3.67. The van der Waals surface area contributed by atoms with Gasteiger partial charge in [-0.25, -0.2) is 4.98 Å². The van der Waals surface area contributed by atoms with E-state index in [0.717, 1.165) is 18.4 Å². The molecule has 1 saturated carbocycles. The maximum Gasteiger partial charge on any atom is 0.107 e. The first-order valence-electron chi connectivity index (χ1n) is 6.71. The molecule has 96 valence electrons. The van der Waals surface area contributed by atoms with Crippen molar-refractivity contribution in [2.75, 3.05) is 0 Å². The summed E-state index contributed by atoms with van der Waals surface area (Å²) in [5.74, 6) is 1.74. The number of nitrogens with one attached hydrogen (secondary N) is 1. The third-order valence-corrected chi connectivity index (χ3v) is 4.87. The predicted molar refractivity (Wildman–Crippen MR) is 74.4 cm³/mol. The van der Waals surface area contributed by atoms with Crippen LogP contribution in [-0.4, -0.2) is 11.0 Å². The van der Waals surface area contributed by atoms with E-state index in [1.54, 1.807) is 0 Å². The highest BCUT2D eigenvalue weighted by Gasteiger charge is 2.23. The number of aromatic nitrogens is 1. The Morgan fingerprint density at radius 2 is 1.82 bits per heavy atom. The summed E-state index contributed by atoms with van der Waals surface area (Å²) in [5.41, 5.74) is 1.19. The summed E-state index contributed by atoms with van der Waals surface area (Å²) in [4.78, 5) is 5.94. The standard InChI is InChI=1S/C14H24N2S/c1-9-5-10(2)7-13(6-9)15-8-14-16-11(3)12(4)17-14/h9-10,13,15H,5-8H2,1-4H3. The monoisotopic (exact) mass is 252 g/mol. The summed E-state index contributed by atoms with van der Waals surface area (Å²) < 4.78 is 0. The Kier molecular flexibility index (Phi) is 4.21. The molecule has 1 aromatic rings. The number of thiazole rings is 1. The molecule has 0 aromatic carbocycles. The molecule has 17 heavy (non-hydrogen) atoms. The van der Waals surface area contributed by atoms with Crippen molar-refractivity contribution in [2.45, 2.75) is 59.5 Å². The molecule has 0 spiro atoms. The first-order valence-corrected chi connectivity index (χ1v) is 7.52. The van der Waals surface area contributed by atoms with Gasteiger partial charge in [0.25, 0.3) is 0 Å². The van der Waals surface area contributed by atoms with Gasteiger partial charge in [0.05, 0.1) is 5.69 Å². The molecule has 1 aliphatic carbocycles. The Labute approximate surface area is 109 Å². The molecule has 0 bridgehead atoms. The van der Waals surface area contributed by atoms with Gasteiger partial charge in [0.1, 0.15) is 5.01 Å². The molecule has 1 aliphatic rings. The highest BCUT2D eigenvalue weighted by molar-refractivity contribution is 7.11. The molecule has 0 saturated heterocycles. The zero-order valence-corrected chi connectivity index (χ0v) is 12.2. The fourth-order valence-electron chi connectivity index (χ4n) is 2.96. The van der Waals surface area contributed by atoms with Crippen LogP contribution in [0.25, 0.3) is 0 Å². The van der Waals surface area contributed by atoms with Gasteiger partial charge in [0.15, 0.2) is 0 Å². The van der Waals surface area contributed by atoms with E-state index in [0.29, 0.717) is 6.04 Å². The van der Waals surface area contributed by atoms with Crippen LogP contribution in [0, 0.1) is 25.7 Å². The zero-order valence-electron chi connectivity index (χ0n) is 11.4. The van der Waals surface area contributed by atoms with Crippen LogP contribution in [-0.2, 0) is 6.54 Å². The minimum absolute atomic E-state index is 0.693. The Hall–Kier alpha value is -0.410. The summed E-state index contributed by atoms with van der Waals surface area (Å²) in [7, 11) is 0. The van der Waals surface area contributed by atoms with Crippen LogP contribution in [0.2, 0.25) is 0 Å². The number of nitrogens with zero attached hydrogens (tertiary/aromatic N) is 1. The van der Waals surface area contributed by atoms with Crippen molar-refractivity contribution >= 4 is 11.3 Å². The summed E-state index contributed by atoms with van der Waals surface area (Å²) in [6, 6.07) is 0.693. The molecule has 2 unspecified atom stereocenters. The average Bonchev–Trinajstić information content (AvgIpc) is 2.54. The molecule has 2 atom stereocenters. The van der Waals surface area contributed by atoms with Gasteiger partial charge in [-0.05, 0) is 44.9 Å². The molecule has 0 radical (unpaired) electrons. The molecular formula is C14H24N2S. The SMILES string of the molecule is Cc1nc(CNC2CC(C)CC(C)C2)sc1C. The van der Waals surface area contributed by atoms with Crippen LogP contribution in [0.5, 0.6) is 0 Å². The fourth-order valence-corrected chi connectivity index (χ4v) is 3.84. The molecule has 2 rings (SSSR count). The van der Waals surface area contributed by atoms with Gasteiger partial charge in [-0.1, -0.05) is 13.8 Å². The lowest BCUT2D eigenvalue weighted by molar-refractivity contribution is 0.238. The van der Waals surface area contributed by atoms with Gasteiger partial charge in [0.2, 0.25) is 0 Å². The number of aryl methyl sites for hydroxylation is 2. The highest BCUT2D eigenvalue weighted by atomic mass is 32.1. The van der Waals surface area contributed by atoms with E-state index < -0.39 is 0 Å². The van der Waals surface area contributed by atoms with E-state index in [4.69, 9.17) is 0 Å². The van der Waals surface area contributed by atoms with E-state index in [1.807, 2.05) is 11.3 Å². The summed E-state index contributed by atoms with van der Waals surface area (Å²) in [6.45, 7) is 9.95. The number of hydrogen-bond acceptors (Lipinski definition) is 3. The largest absolute Gasteiger partial charge is 0.308 e. The second kappa shape index (κ2) is 5.49. The van der Waals surface area contributed by atoms with Crippen molar-refractivity contribution in [3.05, 3.63) is 15.6 Å². The van der Waals surface area contributed by atoms with Crippen molar-refractivity contribution in [2.24, 2.45) is 11.8 Å². The number of rotatable bonds is 3. The maximum atomic E-state index is 4.59. The molecule has 2 nitrogen and oxygen atoms in total. The topological polar surface area (TPSA) is 24.9 Å². The van der Waals surface area contributed by atoms with Crippen molar-refractivity contribution in [3.8, 4) is 0 Å². The normalized spacial score (nSPS) is 29.5. The lowest BCUT2D eigenvalue weighted by Gasteiger charge is -2.31. The quantitative estimate of drug-likeness (QED) is 0.887. The van der Waals surface area contributed by atoms with Crippen molar-refractivity contribution in [3.63, 3.8) is 0 Å². The average molecular weight is 252 g/mol. The van der Waals surface area contributed by atoms with Crippen LogP contribution < -0.4 is 5.32 Å². The Bertz CT molecular complexity index is 343. The zero-order chi connectivity index (χ0) is 12.4. The Balaban J connectivity index is 1.85. The fraction of sp³-hybridized carbons (Fsp3) is 0.786. The molecule has 1 aromatic heterocycles. The lowest BCUT2D eigenvalue weighted by Crippen LogP contribution is -2.35. The maximum absolute atomic E-state index is 4.59. The molecule has 0 amide bonds. The Morgan fingerprint density at radius 3 is 2.35 bits per heavy atom. The van der Waals surface area contributed by atoms with Crippen molar-refractivity contribution < 1.29 is 0 Å². The van der Waals surface area contributed by atoms with Gasteiger partial charge in [-0.2, -0.15) is 0 Å². The smallest absolute Gasteiger partial charge is 0.107 e. The summed E-state index contributed by atoms with van der Waals surface area (Å²) in [5, 5.41) is 4.93. The van der Waals surface area contributed by atoms with Gasteiger partial charge in [-0.15, -0.1) is 11.3 Å². The molecular weight excluding hydrogens is 228 g/mol. The summed E-state index contributed by atoms with van der Waals surface area (Å²) >= 11 is 1.83. The third kappa shape index (κ3) is 3.52. The lowest BCUT2D eigenvalue weighted by atomic mass is 9.80. The molecule has 1 heterocycles. The van der Waals surface area contributed by atoms with Crippen LogP contribution in [0.4, 0.5) is 0 Å². The Morgan fingerprint density at radius 1 is 1.18 bits per heavy atom. The van der Waals surface area contributed by atoms with E-state index in [2.05, 4.69) is 38.0 Å². The molecule has 1 N–H and O–H groups in total. The highest BCUT2D eigenvalue weighted by Crippen LogP contribution is 2.28. The summed E-state index contributed by atoms with van der Waals surface area (Å²) in [6.07, 6.45) is 4.05. The van der Waals surface area contributed by atoms with Gasteiger partial charge in [-0.3, -0.25) is 0 Å². The van der Waals surface area contributed by atoms with E-state index >= 15 is 0 Å². The minimum atomic E-state index is 0.693. The van der Waals surface area contributed by atoms with Crippen LogP contribution in [0.15, 0.2) is 0 Å². The minimum Gasteiger partial charge on any atom is -0.308 e. The number of hydrogen-bond donors (Lipinski definition) is 1. The first kappa shape index (κ1) is 13.0. The van der Waals surface area contributed by atoms with Crippen LogP contribution in [0.1, 0.15) is 48.7 Å². The van der Waals surface area contributed by atoms with Crippen molar-refractivity contribution in [1.29, 1.82) is 0 Å². The van der Waals surface area contributed by atoms with Gasteiger partial charge in [0, 0.05) is 17.5 Å². The van der Waals surface area contributed by atoms with Gasteiger partial charge >= 0.3 is 0 Å². The second-order valence-corrected chi connectivity index (χ2v) is 7.03. The molecule has 0 aliphatic heterocycles.